The fraction of sp³-hybridized carbons (Fsp3) is 0.111. The number of nitrogens with zero attached hydrogens (tertiary/aromatic N) is 4. The molecule has 8 nitrogen and oxygen atoms in total. The van der Waals surface area contributed by atoms with Crippen LogP contribution < -0.4 is 5.32 Å². The Morgan fingerprint density at radius 1 is 0.917 bits per heavy atom. The molecule has 6 rings (SSSR count). The first-order valence-corrected chi connectivity index (χ1v) is 11.5. The number of H-pyrrole nitrogens is 2. The molecule has 0 saturated carbocycles. The summed E-state index contributed by atoms with van der Waals surface area (Å²) in [5.41, 5.74) is 6.82. The van der Waals surface area contributed by atoms with Crippen LogP contribution in [-0.4, -0.2) is 41.3 Å². The number of hydrogen-bond donors (Lipinski definition) is 4. The highest BCUT2D eigenvalue weighted by Crippen LogP contribution is 2.35. The number of aromatic amines is 2. The molecule has 0 aliphatic carbocycles. The summed E-state index contributed by atoms with van der Waals surface area (Å²) in [5.74, 6) is -0.681. The van der Waals surface area contributed by atoms with Gasteiger partial charge < -0.3 is 15.4 Å². The lowest BCUT2D eigenvalue weighted by molar-refractivity contribution is 0.469. The number of aromatic hydroxyl groups is 1. The van der Waals surface area contributed by atoms with Crippen LogP contribution in [0.2, 0.25) is 0 Å². The largest absolute Gasteiger partial charge is 0.508 e. The maximum absolute atomic E-state index is 14.0. The van der Waals surface area contributed by atoms with Gasteiger partial charge in [-0.25, -0.2) is 9.37 Å². The number of fused-ring (bicyclic) bond motifs is 2. The van der Waals surface area contributed by atoms with Crippen molar-refractivity contribution < 1.29 is 9.50 Å². The third-order valence-corrected chi connectivity index (χ3v) is 5.91. The molecular formula is C27H22FN7O. The van der Waals surface area contributed by atoms with Crippen molar-refractivity contribution in [3.63, 3.8) is 0 Å². The van der Waals surface area contributed by atoms with E-state index in [4.69, 9.17) is 0 Å². The highest BCUT2D eigenvalue weighted by molar-refractivity contribution is 6.00. The van der Waals surface area contributed by atoms with Crippen molar-refractivity contribution >= 4 is 27.6 Å². The van der Waals surface area contributed by atoms with E-state index < -0.39 is 5.82 Å². The number of halogens is 1. The zero-order valence-corrected chi connectivity index (χ0v) is 19.5. The van der Waals surface area contributed by atoms with Crippen LogP contribution in [-0.2, 0) is 0 Å². The Hall–Kier alpha value is -4.79. The summed E-state index contributed by atoms with van der Waals surface area (Å²) in [6.07, 6.45) is 7.04. The number of rotatable bonds is 5. The molecule has 0 radical (unpaired) electrons. The Labute approximate surface area is 205 Å². The number of phenolic OH excluding ortho intramolecular Hbond substituents is 1. The number of phenols is 1. The maximum Gasteiger partial charge on any atom is 0.181 e. The summed E-state index contributed by atoms with van der Waals surface area (Å²) in [6.45, 7) is 4.16. The van der Waals surface area contributed by atoms with E-state index in [0.717, 1.165) is 50.6 Å². The van der Waals surface area contributed by atoms with E-state index in [2.05, 4.69) is 49.3 Å². The van der Waals surface area contributed by atoms with Crippen molar-refractivity contribution in [2.24, 2.45) is 0 Å². The van der Waals surface area contributed by atoms with Gasteiger partial charge in [-0.1, -0.05) is 0 Å². The predicted octanol–water partition coefficient (Wildman–Crippen LogP) is 5.90. The first-order valence-electron chi connectivity index (χ1n) is 11.5. The van der Waals surface area contributed by atoms with Crippen LogP contribution >= 0.6 is 0 Å². The number of anilines is 1. The molecule has 0 amide bonds. The summed E-state index contributed by atoms with van der Waals surface area (Å²) in [6, 6.07) is 12.1. The second-order valence-electron chi connectivity index (χ2n) is 8.96. The third-order valence-electron chi connectivity index (χ3n) is 5.91. The molecule has 5 aromatic heterocycles. The van der Waals surface area contributed by atoms with Crippen molar-refractivity contribution in [2.45, 2.75) is 19.9 Å². The number of hydrogen-bond acceptors (Lipinski definition) is 6. The average Bonchev–Trinajstić information content (AvgIpc) is 3.46. The lowest BCUT2D eigenvalue weighted by Crippen LogP contribution is -2.09. The van der Waals surface area contributed by atoms with Crippen molar-refractivity contribution in [1.82, 2.24) is 30.1 Å². The van der Waals surface area contributed by atoms with Crippen LogP contribution in [0.4, 0.5) is 10.1 Å². The van der Waals surface area contributed by atoms with Gasteiger partial charge in [-0.15, -0.1) is 0 Å². The Kier molecular flexibility index (Phi) is 5.10. The van der Waals surface area contributed by atoms with Crippen LogP contribution in [0.5, 0.6) is 5.75 Å². The molecule has 0 bridgehead atoms. The molecule has 9 heteroatoms. The third kappa shape index (κ3) is 3.90. The minimum Gasteiger partial charge on any atom is -0.508 e. The molecule has 36 heavy (non-hydrogen) atoms. The summed E-state index contributed by atoms with van der Waals surface area (Å²) >= 11 is 0. The zero-order valence-electron chi connectivity index (χ0n) is 19.5. The smallest absolute Gasteiger partial charge is 0.181 e. The molecule has 0 aliphatic heterocycles. The second-order valence-corrected chi connectivity index (χ2v) is 8.96. The zero-order chi connectivity index (χ0) is 24.8. The van der Waals surface area contributed by atoms with Gasteiger partial charge in [-0.05, 0) is 50.2 Å². The molecule has 6 aromatic rings. The SMILES string of the molecule is CC(C)Nc1cncc(-c2cnc3n[nH]c(-c4cc5c(-c6cc(O)cc(F)c6)nccc5[nH]4)c3c2)c1. The summed E-state index contributed by atoms with van der Waals surface area (Å²) in [7, 11) is 0. The Bertz CT molecular complexity index is 1720. The van der Waals surface area contributed by atoms with Gasteiger partial charge in [0.15, 0.2) is 5.65 Å². The number of nitrogens with one attached hydrogen (secondary N) is 3. The van der Waals surface area contributed by atoms with E-state index in [1.807, 2.05) is 30.5 Å². The summed E-state index contributed by atoms with van der Waals surface area (Å²) < 4.78 is 14.0. The molecule has 0 fully saturated rings. The fourth-order valence-corrected chi connectivity index (χ4v) is 4.40. The first-order chi connectivity index (χ1) is 17.4. The van der Waals surface area contributed by atoms with Crippen molar-refractivity contribution in [1.29, 1.82) is 0 Å². The van der Waals surface area contributed by atoms with E-state index in [-0.39, 0.29) is 5.75 Å². The van der Waals surface area contributed by atoms with Gasteiger partial charge in [0.25, 0.3) is 0 Å². The normalized spacial score (nSPS) is 11.6. The average molecular weight is 480 g/mol. The van der Waals surface area contributed by atoms with Crippen LogP contribution in [0.1, 0.15) is 13.8 Å². The quantitative estimate of drug-likeness (QED) is 0.245. The molecule has 0 atom stereocenters. The van der Waals surface area contributed by atoms with Crippen molar-refractivity contribution in [2.75, 3.05) is 5.32 Å². The summed E-state index contributed by atoms with van der Waals surface area (Å²) in [5, 5.41) is 22.4. The molecule has 178 valence electrons. The number of aromatic nitrogens is 6. The van der Waals surface area contributed by atoms with Crippen molar-refractivity contribution in [3.05, 3.63) is 73.1 Å². The highest BCUT2D eigenvalue weighted by atomic mass is 19.1. The van der Waals surface area contributed by atoms with E-state index in [0.29, 0.717) is 22.9 Å². The minimum atomic E-state index is -0.528. The van der Waals surface area contributed by atoms with E-state index >= 15 is 0 Å². The minimum absolute atomic E-state index is 0.153. The molecular weight excluding hydrogens is 457 g/mol. The fourth-order valence-electron chi connectivity index (χ4n) is 4.40. The molecule has 0 aliphatic rings. The van der Waals surface area contributed by atoms with Gasteiger partial charge in [0.05, 0.1) is 22.8 Å². The topological polar surface area (TPSA) is 115 Å². The van der Waals surface area contributed by atoms with E-state index in [1.54, 1.807) is 18.6 Å². The van der Waals surface area contributed by atoms with Crippen LogP contribution in [0, 0.1) is 5.82 Å². The van der Waals surface area contributed by atoms with Gasteiger partial charge in [-0.2, -0.15) is 5.10 Å². The molecule has 0 saturated heterocycles. The monoisotopic (exact) mass is 479 g/mol. The molecule has 4 N–H and O–H groups in total. The van der Waals surface area contributed by atoms with Gasteiger partial charge in [0.1, 0.15) is 11.6 Å². The van der Waals surface area contributed by atoms with Crippen LogP contribution in [0.3, 0.4) is 0 Å². The van der Waals surface area contributed by atoms with Gasteiger partial charge in [0, 0.05) is 69.9 Å². The Morgan fingerprint density at radius 2 is 1.78 bits per heavy atom. The van der Waals surface area contributed by atoms with Crippen LogP contribution in [0.25, 0.3) is 55.7 Å². The number of benzene rings is 1. The van der Waals surface area contributed by atoms with Crippen LogP contribution in [0.15, 0.2) is 67.3 Å². The molecule has 0 spiro atoms. The molecule has 5 heterocycles. The lowest BCUT2D eigenvalue weighted by atomic mass is 10.1. The summed E-state index contributed by atoms with van der Waals surface area (Å²) in [4.78, 5) is 16.8. The molecule has 0 unspecified atom stereocenters. The van der Waals surface area contributed by atoms with Gasteiger partial charge in [0.2, 0.25) is 0 Å². The van der Waals surface area contributed by atoms with Crippen molar-refractivity contribution in [3.8, 4) is 39.5 Å². The predicted molar refractivity (Wildman–Crippen MR) is 138 cm³/mol. The first kappa shape index (κ1) is 21.7. The van der Waals surface area contributed by atoms with E-state index in [9.17, 15) is 9.50 Å². The van der Waals surface area contributed by atoms with E-state index in [1.165, 1.54) is 12.1 Å². The Morgan fingerprint density at radius 3 is 2.61 bits per heavy atom. The van der Waals surface area contributed by atoms with Gasteiger partial charge in [-0.3, -0.25) is 15.1 Å². The van der Waals surface area contributed by atoms with Gasteiger partial charge >= 0.3 is 0 Å². The number of pyridine rings is 3. The lowest BCUT2D eigenvalue weighted by Gasteiger charge is -2.10. The standard InChI is InChI=1S/C27H22FN7O/c1-14(2)32-19-6-16(11-29-13-19)17-8-22-26(34-35-27(22)31-12-17)24-10-21-23(33-24)3-4-30-25(21)15-5-18(28)9-20(36)7-15/h3-14,32-33,36H,1-2H3,(H,31,34,35). The molecule has 1 aromatic carbocycles. The Balaban J connectivity index is 1.45. The second kappa shape index (κ2) is 8.46. The highest BCUT2D eigenvalue weighted by Gasteiger charge is 2.16. The maximum atomic E-state index is 14.0.